The second-order valence-electron chi connectivity index (χ2n) is 11.8. The second-order valence-corrected chi connectivity index (χ2v) is 11.8. The number of nitrogens with zero attached hydrogens (tertiary/aromatic N) is 2. The quantitative estimate of drug-likeness (QED) is 0.178. The fourth-order valence-corrected chi connectivity index (χ4v) is 7.21. The van der Waals surface area contributed by atoms with Gasteiger partial charge in [0.2, 0.25) is 0 Å². The molecule has 222 valence electrons. The predicted octanol–water partition coefficient (Wildman–Crippen LogP) is 12.0. The third-order valence-electron chi connectivity index (χ3n) is 9.25. The molecular weight excluding hydrogens is 569 g/mol. The van der Waals surface area contributed by atoms with E-state index < -0.39 is 6.04 Å². The highest BCUT2D eigenvalue weighted by Crippen LogP contribution is 2.46. The largest absolute Gasteiger partial charge is 0.296 e. The van der Waals surface area contributed by atoms with Gasteiger partial charge in [-0.3, -0.25) is 4.57 Å². The summed E-state index contributed by atoms with van der Waals surface area (Å²) in [5.41, 5.74) is 8.35. The van der Waals surface area contributed by atoms with Crippen molar-refractivity contribution < 1.29 is 6.85 Å². The maximum atomic E-state index is 8.50. The molecule has 47 heavy (non-hydrogen) atoms. The first-order chi connectivity index (χ1) is 25.4. The van der Waals surface area contributed by atoms with Gasteiger partial charge in [0.1, 0.15) is 5.82 Å². The van der Waals surface area contributed by atoms with Crippen molar-refractivity contribution in [2.75, 3.05) is 0 Å². The van der Waals surface area contributed by atoms with Crippen LogP contribution in [0.5, 0.6) is 0 Å². The summed E-state index contributed by atoms with van der Waals surface area (Å²) in [5.74, 6) is 1.02. The standard InChI is InChI=1S/C45H32N2/c1-2-43-46-40-22-12-13-23-42(40)47(43)41-29-28-39(33-16-6-7-17-34(33)41)45-37-20-10-8-18-35(37)44(36-19-9-11-21-38(36)45)32-26-24-31(25-27-32)30-14-4-3-5-15-30/h3-29H,2H2,1H3/i3D,4D,5D,14D,15D. The Morgan fingerprint density at radius 2 is 1.06 bits per heavy atom. The van der Waals surface area contributed by atoms with E-state index in [1.54, 1.807) is 0 Å². The maximum absolute atomic E-state index is 8.50. The molecular formula is C45H32N2. The van der Waals surface area contributed by atoms with Crippen LogP contribution in [-0.2, 0) is 6.42 Å². The minimum Gasteiger partial charge on any atom is -0.296 e. The van der Waals surface area contributed by atoms with Gasteiger partial charge in [-0.2, -0.15) is 0 Å². The molecule has 0 aliphatic heterocycles. The van der Waals surface area contributed by atoms with Crippen molar-refractivity contribution in [1.29, 1.82) is 0 Å². The van der Waals surface area contributed by atoms with Gasteiger partial charge in [-0.15, -0.1) is 0 Å². The van der Waals surface area contributed by atoms with Crippen molar-refractivity contribution in [2.45, 2.75) is 13.3 Å². The van der Waals surface area contributed by atoms with E-state index >= 15 is 0 Å². The molecule has 9 rings (SSSR count). The molecule has 8 aromatic carbocycles. The zero-order valence-electron chi connectivity index (χ0n) is 30.8. The number of fused-ring (bicyclic) bond motifs is 4. The first-order valence-electron chi connectivity index (χ1n) is 18.5. The summed E-state index contributed by atoms with van der Waals surface area (Å²) in [6.07, 6.45) is 0.811. The van der Waals surface area contributed by atoms with Crippen LogP contribution in [0.3, 0.4) is 0 Å². The molecule has 9 aromatic rings. The fourth-order valence-electron chi connectivity index (χ4n) is 7.21. The number of imidazole rings is 1. The van der Waals surface area contributed by atoms with Gasteiger partial charge in [-0.25, -0.2) is 4.98 Å². The highest BCUT2D eigenvalue weighted by molar-refractivity contribution is 6.23. The van der Waals surface area contributed by atoms with Gasteiger partial charge in [0, 0.05) is 11.8 Å². The summed E-state index contributed by atoms with van der Waals surface area (Å²) in [4.78, 5) is 4.98. The Kier molecular flexibility index (Phi) is 5.32. The van der Waals surface area contributed by atoms with Crippen molar-refractivity contribution in [3.8, 4) is 39.1 Å². The third kappa shape index (κ3) is 4.37. The third-order valence-corrected chi connectivity index (χ3v) is 9.25. The topological polar surface area (TPSA) is 17.8 Å². The summed E-state index contributed by atoms with van der Waals surface area (Å²) in [6.45, 7) is 2.15. The van der Waals surface area contributed by atoms with Gasteiger partial charge in [0.15, 0.2) is 0 Å². The maximum Gasteiger partial charge on any atom is 0.114 e. The molecule has 0 radical (unpaired) electrons. The molecule has 0 saturated heterocycles. The Morgan fingerprint density at radius 1 is 0.511 bits per heavy atom. The number of rotatable bonds is 5. The van der Waals surface area contributed by atoms with Crippen molar-refractivity contribution >= 4 is 43.4 Å². The Balaban J connectivity index is 1.28. The second kappa shape index (κ2) is 11.1. The first-order valence-corrected chi connectivity index (χ1v) is 16.0. The van der Waals surface area contributed by atoms with Gasteiger partial charge in [-0.1, -0.05) is 152 Å². The van der Waals surface area contributed by atoms with E-state index in [0.29, 0.717) is 5.56 Å². The van der Waals surface area contributed by atoms with Crippen molar-refractivity contribution in [2.24, 2.45) is 0 Å². The number of aromatic nitrogens is 2. The van der Waals surface area contributed by atoms with Crippen LogP contribution >= 0.6 is 0 Å². The summed E-state index contributed by atoms with van der Waals surface area (Å²) < 4.78 is 43.7. The van der Waals surface area contributed by atoms with Crippen LogP contribution in [0.25, 0.3) is 82.4 Å². The van der Waals surface area contributed by atoms with Crippen LogP contribution in [0.15, 0.2) is 164 Å². The Bertz CT molecular complexity index is 2810. The molecule has 1 heterocycles. The highest BCUT2D eigenvalue weighted by Gasteiger charge is 2.20. The molecule has 0 saturated carbocycles. The average Bonchev–Trinajstić information content (AvgIpc) is 3.57. The van der Waals surface area contributed by atoms with Gasteiger partial charge in [0.05, 0.1) is 23.6 Å². The van der Waals surface area contributed by atoms with E-state index in [0.717, 1.165) is 78.0 Å². The van der Waals surface area contributed by atoms with E-state index in [-0.39, 0.29) is 29.7 Å². The molecule has 0 atom stereocenters. The molecule has 0 N–H and O–H groups in total. The van der Waals surface area contributed by atoms with E-state index in [1.165, 1.54) is 5.56 Å². The highest BCUT2D eigenvalue weighted by atomic mass is 15.1. The zero-order valence-corrected chi connectivity index (χ0v) is 25.8. The molecule has 2 nitrogen and oxygen atoms in total. The molecule has 0 aliphatic carbocycles. The number of aryl methyl sites for hydroxylation is 1. The van der Waals surface area contributed by atoms with E-state index in [1.807, 2.05) is 30.3 Å². The molecule has 0 amide bonds. The Hall–Kier alpha value is -5.99. The van der Waals surface area contributed by atoms with Gasteiger partial charge >= 0.3 is 0 Å². The van der Waals surface area contributed by atoms with Gasteiger partial charge in [0.25, 0.3) is 0 Å². The zero-order chi connectivity index (χ0) is 35.7. The fraction of sp³-hybridized carbons (Fsp3) is 0.0444. The molecule has 0 fully saturated rings. The molecule has 0 spiro atoms. The van der Waals surface area contributed by atoms with E-state index in [2.05, 4.69) is 115 Å². The van der Waals surface area contributed by atoms with E-state index in [9.17, 15) is 0 Å². The lowest BCUT2D eigenvalue weighted by Crippen LogP contribution is -2.01. The lowest BCUT2D eigenvalue weighted by molar-refractivity contribution is 0.913. The summed E-state index contributed by atoms with van der Waals surface area (Å²) in [7, 11) is 0. The van der Waals surface area contributed by atoms with E-state index in [4.69, 9.17) is 11.8 Å². The summed E-state index contributed by atoms with van der Waals surface area (Å²) >= 11 is 0. The molecule has 1 aromatic heterocycles. The summed E-state index contributed by atoms with van der Waals surface area (Å²) in [5, 5.41) is 6.78. The monoisotopic (exact) mass is 605 g/mol. The van der Waals surface area contributed by atoms with Gasteiger partial charge < -0.3 is 0 Å². The average molecular weight is 606 g/mol. The normalized spacial score (nSPS) is 13.1. The lowest BCUT2D eigenvalue weighted by atomic mass is 9.84. The lowest BCUT2D eigenvalue weighted by Gasteiger charge is -2.20. The van der Waals surface area contributed by atoms with Gasteiger partial charge in [-0.05, 0) is 78.5 Å². The number of para-hydroxylation sites is 2. The number of hydrogen-bond acceptors (Lipinski definition) is 1. The molecule has 0 unspecified atom stereocenters. The van der Waals surface area contributed by atoms with Crippen LogP contribution < -0.4 is 0 Å². The molecule has 0 bridgehead atoms. The predicted molar refractivity (Wildman–Crippen MR) is 199 cm³/mol. The van der Waals surface area contributed by atoms with Crippen molar-refractivity contribution in [3.63, 3.8) is 0 Å². The first kappa shape index (κ1) is 22.5. The van der Waals surface area contributed by atoms with Crippen LogP contribution in [0.2, 0.25) is 0 Å². The molecule has 2 heteroatoms. The summed E-state index contributed by atoms with van der Waals surface area (Å²) in [6, 6.07) is 44.8. The van der Waals surface area contributed by atoms with Crippen molar-refractivity contribution in [1.82, 2.24) is 9.55 Å². The number of benzene rings is 8. The Morgan fingerprint density at radius 3 is 1.72 bits per heavy atom. The smallest absolute Gasteiger partial charge is 0.114 e. The minimum absolute atomic E-state index is 0.202. The number of hydrogen-bond donors (Lipinski definition) is 0. The van der Waals surface area contributed by atoms with Crippen LogP contribution in [0, 0.1) is 0 Å². The van der Waals surface area contributed by atoms with Crippen LogP contribution in [0.4, 0.5) is 0 Å². The van der Waals surface area contributed by atoms with Crippen LogP contribution in [-0.4, -0.2) is 9.55 Å². The SMILES string of the molecule is [2H]c1c([2H])c([2H])c(-c2ccc(-c3c4ccccc4c(-c4ccc(-n5c(CC)nc6ccccc65)c5ccccc45)c4ccccc34)cc2)c([2H])c1[2H]. The van der Waals surface area contributed by atoms with Crippen LogP contribution in [0.1, 0.15) is 19.6 Å². The Labute approximate surface area is 281 Å². The van der Waals surface area contributed by atoms with Crippen molar-refractivity contribution in [3.05, 3.63) is 169 Å². The minimum atomic E-state index is -0.392. The molecule has 0 aliphatic rings.